The molecular formula is C27H32ClN5O7S2. The number of esters is 1. The molecule has 1 aromatic carbocycles. The zero-order valence-corrected chi connectivity index (χ0v) is 25.3. The molecule has 0 radical (unpaired) electrons. The second kappa shape index (κ2) is 14.1. The Balaban J connectivity index is 1.28. The van der Waals surface area contributed by atoms with Gasteiger partial charge in [0.2, 0.25) is 21.8 Å². The van der Waals surface area contributed by atoms with Crippen molar-refractivity contribution in [3.63, 3.8) is 0 Å². The van der Waals surface area contributed by atoms with Gasteiger partial charge in [-0.25, -0.2) is 18.0 Å². The first kappa shape index (κ1) is 31.5. The first-order valence-corrected chi connectivity index (χ1v) is 16.1. The lowest BCUT2D eigenvalue weighted by Crippen LogP contribution is -2.55. The molecule has 2 fully saturated rings. The number of amides is 4. The van der Waals surface area contributed by atoms with E-state index in [-0.39, 0.29) is 25.0 Å². The summed E-state index contributed by atoms with van der Waals surface area (Å²) in [5, 5.41) is 6.42. The Kier molecular flexibility index (Phi) is 10.6. The molecule has 3 heterocycles. The molecular weight excluding hydrogens is 606 g/mol. The van der Waals surface area contributed by atoms with Gasteiger partial charge < -0.3 is 25.2 Å². The summed E-state index contributed by atoms with van der Waals surface area (Å²) in [4.78, 5) is 54.2. The lowest BCUT2D eigenvalue weighted by Gasteiger charge is -2.34. The Morgan fingerprint density at radius 2 is 1.93 bits per heavy atom. The molecule has 226 valence electrons. The number of thiophene rings is 1. The molecule has 42 heavy (non-hydrogen) atoms. The van der Waals surface area contributed by atoms with Crippen LogP contribution in [0.2, 0.25) is 4.34 Å². The molecule has 3 N–H and O–H groups in total. The Labute approximate surface area is 253 Å². The zero-order valence-electron chi connectivity index (χ0n) is 22.9. The molecule has 0 aliphatic carbocycles. The number of likely N-dealkylation sites (tertiary alicyclic amines) is 2. The van der Waals surface area contributed by atoms with Crippen molar-refractivity contribution in [1.29, 1.82) is 0 Å². The molecule has 0 saturated carbocycles. The van der Waals surface area contributed by atoms with E-state index in [1.807, 2.05) is 0 Å². The number of piperidine rings is 1. The second-order valence-corrected chi connectivity index (χ2v) is 13.2. The van der Waals surface area contributed by atoms with E-state index in [0.717, 1.165) is 11.8 Å². The van der Waals surface area contributed by atoms with E-state index in [1.54, 1.807) is 35.2 Å². The van der Waals surface area contributed by atoms with Crippen LogP contribution in [0.5, 0.6) is 0 Å². The Morgan fingerprint density at radius 1 is 1.14 bits per heavy atom. The molecule has 15 heteroatoms. The molecule has 12 nitrogen and oxygen atoms in total. The average molecular weight is 638 g/mol. The number of urea groups is 1. The van der Waals surface area contributed by atoms with Crippen molar-refractivity contribution in [3.05, 3.63) is 56.6 Å². The minimum atomic E-state index is -3.90. The molecule has 2 saturated heterocycles. The molecule has 4 amide bonds. The van der Waals surface area contributed by atoms with Gasteiger partial charge in [0.05, 0.1) is 23.6 Å². The van der Waals surface area contributed by atoms with Crippen molar-refractivity contribution >= 4 is 68.5 Å². The molecule has 0 bridgehead atoms. The largest absolute Gasteiger partial charge is 0.465 e. The highest BCUT2D eigenvalue weighted by atomic mass is 35.5. The maximum absolute atomic E-state index is 13.2. The highest BCUT2D eigenvalue weighted by molar-refractivity contribution is 7.92. The molecule has 2 aliphatic rings. The number of carbonyl (C=O) groups is 4. The van der Waals surface area contributed by atoms with Crippen molar-refractivity contribution < 1.29 is 32.3 Å². The standard InChI is InChI=1S/C27H32ClN5O7S2/c1-40-26(36)18-5-2-6-19(15-18)30-27(37)29-16-20-7-3-13-33(20)24(34)17-32-12-4-8-22(25(32)35)31-42(38,39)14-11-21-9-10-23(28)41-21/h2,5-6,9-11,14-15,20,22,31H,3-4,7-8,12-13,16-17H2,1H3,(H2,29,30,37)/t20-,22+/m1/s1. The van der Waals surface area contributed by atoms with E-state index >= 15 is 0 Å². The van der Waals surface area contributed by atoms with Crippen LogP contribution in [0.25, 0.3) is 6.08 Å². The fraction of sp³-hybridized carbons (Fsp3) is 0.407. The number of ether oxygens (including phenoxy) is 1. The van der Waals surface area contributed by atoms with Gasteiger partial charge in [0.1, 0.15) is 6.04 Å². The summed E-state index contributed by atoms with van der Waals surface area (Å²) >= 11 is 7.11. The fourth-order valence-electron chi connectivity index (χ4n) is 4.88. The van der Waals surface area contributed by atoms with E-state index < -0.39 is 34.0 Å². The summed E-state index contributed by atoms with van der Waals surface area (Å²) in [6.45, 7) is 0.857. The summed E-state index contributed by atoms with van der Waals surface area (Å²) in [5.41, 5.74) is 0.709. The van der Waals surface area contributed by atoms with Gasteiger partial charge in [0.15, 0.2) is 0 Å². The van der Waals surface area contributed by atoms with E-state index in [0.29, 0.717) is 52.8 Å². The van der Waals surface area contributed by atoms with Gasteiger partial charge in [0, 0.05) is 41.6 Å². The number of hydrogen-bond acceptors (Lipinski definition) is 8. The number of rotatable bonds is 10. The molecule has 0 spiro atoms. The number of halogens is 1. The number of hydrogen-bond donors (Lipinski definition) is 3. The molecule has 1 aromatic heterocycles. The third-order valence-corrected chi connectivity index (χ3v) is 9.21. The van der Waals surface area contributed by atoms with E-state index in [4.69, 9.17) is 16.3 Å². The Hall–Kier alpha value is -3.46. The third-order valence-electron chi connectivity index (χ3n) is 6.91. The van der Waals surface area contributed by atoms with E-state index in [9.17, 15) is 27.6 Å². The van der Waals surface area contributed by atoms with E-state index in [2.05, 4.69) is 15.4 Å². The van der Waals surface area contributed by atoms with Crippen LogP contribution in [0.15, 0.2) is 41.8 Å². The predicted molar refractivity (Wildman–Crippen MR) is 160 cm³/mol. The quantitative estimate of drug-likeness (QED) is 0.339. The van der Waals surface area contributed by atoms with Crippen LogP contribution >= 0.6 is 22.9 Å². The van der Waals surface area contributed by atoms with Gasteiger partial charge in [-0.3, -0.25) is 9.59 Å². The number of sulfonamides is 1. The summed E-state index contributed by atoms with van der Waals surface area (Å²) in [7, 11) is -2.63. The lowest BCUT2D eigenvalue weighted by molar-refractivity contribution is -0.143. The normalized spacial score (nSPS) is 19.2. The second-order valence-electron chi connectivity index (χ2n) is 9.85. The minimum Gasteiger partial charge on any atom is -0.465 e. The van der Waals surface area contributed by atoms with Crippen molar-refractivity contribution in [1.82, 2.24) is 19.8 Å². The summed E-state index contributed by atoms with van der Waals surface area (Å²) < 4.78 is 32.8. The van der Waals surface area contributed by atoms with Gasteiger partial charge in [-0.05, 0) is 62.1 Å². The fourth-order valence-corrected chi connectivity index (χ4v) is 6.95. The number of nitrogens with zero attached hydrogens (tertiary/aromatic N) is 2. The van der Waals surface area contributed by atoms with Crippen molar-refractivity contribution in [2.45, 2.75) is 37.8 Å². The number of methoxy groups -OCH3 is 1. The van der Waals surface area contributed by atoms with E-state index in [1.165, 1.54) is 35.5 Å². The van der Waals surface area contributed by atoms with Gasteiger partial charge in [0.25, 0.3) is 0 Å². The molecule has 2 aliphatic heterocycles. The van der Waals surface area contributed by atoms with Crippen molar-refractivity contribution in [2.75, 3.05) is 38.6 Å². The predicted octanol–water partition coefficient (Wildman–Crippen LogP) is 2.88. The maximum atomic E-state index is 13.2. The van der Waals surface area contributed by atoms with Crippen LogP contribution in [0.3, 0.4) is 0 Å². The number of anilines is 1. The van der Waals surface area contributed by atoms with Crippen molar-refractivity contribution in [2.24, 2.45) is 0 Å². The first-order valence-electron chi connectivity index (χ1n) is 13.3. The van der Waals surface area contributed by atoms with Gasteiger partial charge in [-0.1, -0.05) is 17.7 Å². The Bertz CT molecular complexity index is 1460. The summed E-state index contributed by atoms with van der Waals surface area (Å²) in [6, 6.07) is 7.96. The lowest BCUT2D eigenvalue weighted by atomic mass is 10.1. The van der Waals surface area contributed by atoms with Gasteiger partial charge in [-0.2, -0.15) is 4.72 Å². The third kappa shape index (κ3) is 8.53. The number of nitrogens with one attached hydrogen (secondary N) is 3. The molecule has 2 atom stereocenters. The van der Waals surface area contributed by atoms with Gasteiger partial charge in [-0.15, -0.1) is 11.3 Å². The monoisotopic (exact) mass is 637 g/mol. The highest BCUT2D eigenvalue weighted by Gasteiger charge is 2.35. The average Bonchev–Trinajstić information content (AvgIpc) is 3.61. The van der Waals surface area contributed by atoms with Gasteiger partial charge >= 0.3 is 12.0 Å². The minimum absolute atomic E-state index is 0.177. The zero-order chi connectivity index (χ0) is 30.3. The maximum Gasteiger partial charge on any atom is 0.337 e. The highest BCUT2D eigenvalue weighted by Crippen LogP contribution is 2.23. The van der Waals surface area contributed by atoms with Crippen LogP contribution in [0, 0.1) is 0 Å². The first-order chi connectivity index (χ1) is 20.0. The number of benzene rings is 1. The Morgan fingerprint density at radius 3 is 2.67 bits per heavy atom. The topological polar surface area (TPSA) is 154 Å². The van der Waals surface area contributed by atoms with Crippen LogP contribution in [-0.2, 0) is 24.3 Å². The molecule has 4 rings (SSSR count). The van der Waals surface area contributed by atoms with Crippen LogP contribution in [-0.4, -0.2) is 87.4 Å². The number of carbonyl (C=O) groups excluding carboxylic acids is 4. The SMILES string of the molecule is COC(=O)c1cccc(NC(=O)NC[C@H]2CCCN2C(=O)CN2CCC[C@H](NS(=O)(=O)C=Cc3ccc(Cl)s3)C2=O)c1. The summed E-state index contributed by atoms with van der Waals surface area (Å²) in [5.74, 6) is -1.24. The van der Waals surface area contributed by atoms with Crippen molar-refractivity contribution in [3.8, 4) is 0 Å². The molecule has 2 aromatic rings. The van der Waals surface area contributed by atoms with Crippen LogP contribution in [0.4, 0.5) is 10.5 Å². The molecule has 0 unspecified atom stereocenters. The van der Waals surface area contributed by atoms with Crippen LogP contribution < -0.4 is 15.4 Å². The van der Waals surface area contributed by atoms with Crippen LogP contribution in [0.1, 0.15) is 40.9 Å². The smallest absolute Gasteiger partial charge is 0.337 e. The summed E-state index contributed by atoms with van der Waals surface area (Å²) in [6.07, 6.45) is 3.71.